The minimum absolute atomic E-state index is 0.125. The van der Waals surface area contributed by atoms with E-state index in [9.17, 15) is 24.3 Å². The van der Waals surface area contributed by atoms with Gasteiger partial charge in [0.15, 0.2) is 0 Å². The molecule has 1 aromatic carbocycles. The standard InChI is InChI=1S/C23H34N4O5S2/c1-13(2)19(26-20(28)16(24)12-33)22(30)27-11-15-7-5-4-6-14(15)10-18(27)21(29)25-17(23(31)32)8-9-34-3/h4-7,13,16-19,33H,8-12,24H2,1-3H3,(H,25,29)(H,26,28)(H,31,32). The van der Waals surface area contributed by atoms with Crippen LogP contribution in [0.15, 0.2) is 24.3 Å². The van der Waals surface area contributed by atoms with Crippen molar-refractivity contribution in [3.63, 3.8) is 0 Å². The highest BCUT2D eigenvalue weighted by molar-refractivity contribution is 7.98. The zero-order valence-corrected chi connectivity index (χ0v) is 21.4. The van der Waals surface area contributed by atoms with Gasteiger partial charge < -0.3 is 26.4 Å². The van der Waals surface area contributed by atoms with Gasteiger partial charge in [-0.2, -0.15) is 24.4 Å². The molecule has 2 rings (SSSR count). The summed E-state index contributed by atoms with van der Waals surface area (Å²) in [5.41, 5.74) is 7.59. The molecule has 9 nitrogen and oxygen atoms in total. The van der Waals surface area contributed by atoms with Gasteiger partial charge in [-0.05, 0) is 35.5 Å². The summed E-state index contributed by atoms with van der Waals surface area (Å²) in [7, 11) is 0. The fraction of sp³-hybridized carbons (Fsp3) is 0.565. The summed E-state index contributed by atoms with van der Waals surface area (Å²) in [5, 5.41) is 14.9. The number of thiol groups is 1. The molecule has 0 aromatic heterocycles. The number of rotatable bonds is 11. The Bertz CT molecular complexity index is 898. The molecule has 0 spiro atoms. The first-order valence-corrected chi connectivity index (χ1v) is 13.2. The van der Waals surface area contributed by atoms with Crippen LogP contribution in [0.1, 0.15) is 31.4 Å². The van der Waals surface area contributed by atoms with Crippen LogP contribution in [-0.4, -0.2) is 75.6 Å². The monoisotopic (exact) mass is 510 g/mol. The van der Waals surface area contributed by atoms with E-state index in [0.717, 1.165) is 11.1 Å². The highest BCUT2D eigenvalue weighted by Crippen LogP contribution is 2.25. The smallest absolute Gasteiger partial charge is 0.326 e. The molecule has 11 heteroatoms. The number of nitrogens with one attached hydrogen (secondary N) is 2. The molecule has 0 saturated carbocycles. The zero-order chi connectivity index (χ0) is 25.4. The number of fused-ring (bicyclic) bond motifs is 1. The summed E-state index contributed by atoms with van der Waals surface area (Å²) < 4.78 is 0. The normalized spacial score (nSPS) is 17.9. The molecule has 1 aliphatic heterocycles. The molecule has 4 atom stereocenters. The molecule has 188 valence electrons. The van der Waals surface area contributed by atoms with Crippen LogP contribution in [0.4, 0.5) is 0 Å². The summed E-state index contributed by atoms with van der Waals surface area (Å²) in [4.78, 5) is 52.5. The predicted octanol–water partition coefficient (Wildman–Crippen LogP) is 0.660. The molecule has 34 heavy (non-hydrogen) atoms. The lowest BCUT2D eigenvalue weighted by Crippen LogP contribution is -2.61. The number of carbonyl (C=O) groups is 4. The van der Waals surface area contributed by atoms with Crippen molar-refractivity contribution < 1.29 is 24.3 Å². The maximum atomic E-state index is 13.7. The van der Waals surface area contributed by atoms with Crippen molar-refractivity contribution >= 4 is 48.1 Å². The third-order valence-corrected chi connectivity index (χ3v) is 6.86. The summed E-state index contributed by atoms with van der Waals surface area (Å²) in [6.45, 7) is 3.77. The summed E-state index contributed by atoms with van der Waals surface area (Å²) >= 11 is 5.53. The van der Waals surface area contributed by atoms with Crippen molar-refractivity contribution in [1.82, 2.24) is 15.5 Å². The Morgan fingerprint density at radius 3 is 2.41 bits per heavy atom. The van der Waals surface area contributed by atoms with Crippen LogP contribution >= 0.6 is 24.4 Å². The zero-order valence-electron chi connectivity index (χ0n) is 19.7. The second-order valence-corrected chi connectivity index (χ2v) is 10.0. The molecule has 0 aliphatic carbocycles. The van der Waals surface area contributed by atoms with Crippen LogP contribution in [-0.2, 0) is 32.1 Å². The van der Waals surface area contributed by atoms with E-state index in [0.29, 0.717) is 5.75 Å². The minimum atomic E-state index is -1.12. The van der Waals surface area contributed by atoms with Crippen LogP contribution in [0, 0.1) is 5.92 Å². The number of carboxylic acids is 1. The Balaban J connectivity index is 2.34. The van der Waals surface area contributed by atoms with Gasteiger partial charge >= 0.3 is 5.97 Å². The lowest BCUT2D eigenvalue weighted by molar-refractivity contribution is -0.147. The van der Waals surface area contributed by atoms with E-state index in [4.69, 9.17) is 5.73 Å². The fourth-order valence-corrected chi connectivity index (χ4v) is 4.42. The number of hydrogen-bond donors (Lipinski definition) is 5. The molecule has 0 radical (unpaired) electrons. The molecule has 1 aromatic rings. The molecular weight excluding hydrogens is 476 g/mol. The van der Waals surface area contributed by atoms with Crippen LogP contribution in [0.5, 0.6) is 0 Å². The van der Waals surface area contributed by atoms with Gasteiger partial charge in [0.1, 0.15) is 18.1 Å². The topological polar surface area (TPSA) is 142 Å². The molecule has 5 N–H and O–H groups in total. The quantitative estimate of drug-likeness (QED) is 0.275. The Morgan fingerprint density at radius 1 is 1.21 bits per heavy atom. The molecule has 0 bridgehead atoms. The molecule has 4 unspecified atom stereocenters. The second kappa shape index (κ2) is 13.0. The minimum Gasteiger partial charge on any atom is -0.480 e. The number of carbonyl (C=O) groups excluding carboxylic acids is 3. The summed E-state index contributed by atoms with van der Waals surface area (Å²) in [5.74, 6) is -2.14. The highest BCUT2D eigenvalue weighted by atomic mass is 32.2. The van der Waals surface area contributed by atoms with Crippen molar-refractivity contribution in [1.29, 1.82) is 0 Å². The van der Waals surface area contributed by atoms with Crippen molar-refractivity contribution in [2.45, 2.75) is 57.4 Å². The van der Waals surface area contributed by atoms with Gasteiger partial charge in [-0.1, -0.05) is 38.1 Å². The predicted molar refractivity (Wildman–Crippen MR) is 136 cm³/mol. The Morgan fingerprint density at radius 2 is 1.85 bits per heavy atom. The number of benzene rings is 1. The van der Waals surface area contributed by atoms with Crippen molar-refractivity contribution in [3.05, 3.63) is 35.4 Å². The summed E-state index contributed by atoms with van der Waals surface area (Å²) in [6.07, 6.45) is 2.38. The first kappa shape index (κ1) is 28.0. The van der Waals surface area contributed by atoms with Gasteiger partial charge in [-0.3, -0.25) is 14.4 Å². The Hall–Kier alpha value is -2.24. The van der Waals surface area contributed by atoms with Crippen LogP contribution in [0.2, 0.25) is 0 Å². The number of hydrogen-bond acceptors (Lipinski definition) is 7. The third-order valence-electron chi connectivity index (χ3n) is 5.82. The van der Waals surface area contributed by atoms with Crippen molar-refractivity contribution in [2.24, 2.45) is 11.7 Å². The molecule has 1 aliphatic rings. The fourth-order valence-electron chi connectivity index (χ4n) is 3.79. The van der Waals surface area contributed by atoms with Crippen LogP contribution < -0.4 is 16.4 Å². The second-order valence-electron chi connectivity index (χ2n) is 8.66. The Labute approximate surface area is 210 Å². The van der Waals surface area contributed by atoms with E-state index in [1.54, 1.807) is 13.8 Å². The number of aliphatic carboxylic acids is 1. The molecule has 3 amide bonds. The first-order chi connectivity index (χ1) is 16.1. The van der Waals surface area contributed by atoms with E-state index in [1.807, 2.05) is 30.5 Å². The number of thioether (sulfide) groups is 1. The largest absolute Gasteiger partial charge is 0.480 e. The number of amides is 3. The van der Waals surface area contributed by atoms with E-state index in [-0.39, 0.29) is 31.1 Å². The van der Waals surface area contributed by atoms with E-state index < -0.39 is 47.9 Å². The van der Waals surface area contributed by atoms with Gasteiger partial charge in [-0.15, -0.1) is 0 Å². The Kier molecular flexibility index (Phi) is 10.7. The van der Waals surface area contributed by atoms with Crippen LogP contribution in [0.25, 0.3) is 0 Å². The lowest BCUT2D eigenvalue weighted by Gasteiger charge is -2.39. The summed E-state index contributed by atoms with van der Waals surface area (Å²) in [6, 6.07) is 3.78. The van der Waals surface area contributed by atoms with Crippen LogP contribution in [0.3, 0.4) is 0 Å². The number of nitrogens with zero attached hydrogens (tertiary/aromatic N) is 1. The molecule has 0 saturated heterocycles. The molecule has 0 fully saturated rings. The van der Waals surface area contributed by atoms with Gasteiger partial charge in [-0.25, -0.2) is 4.79 Å². The molecule has 1 heterocycles. The molecular formula is C23H34N4O5S2. The van der Waals surface area contributed by atoms with Gasteiger partial charge in [0.05, 0.1) is 6.04 Å². The van der Waals surface area contributed by atoms with Gasteiger partial charge in [0, 0.05) is 18.7 Å². The number of nitrogens with two attached hydrogens (primary N) is 1. The van der Waals surface area contributed by atoms with E-state index in [2.05, 4.69) is 23.3 Å². The first-order valence-electron chi connectivity index (χ1n) is 11.2. The SMILES string of the molecule is CSCCC(NC(=O)C1Cc2ccccc2CN1C(=O)C(NC(=O)C(N)CS)C(C)C)C(=O)O. The van der Waals surface area contributed by atoms with Crippen molar-refractivity contribution in [2.75, 3.05) is 17.8 Å². The third kappa shape index (κ3) is 7.13. The van der Waals surface area contributed by atoms with Crippen molar-refractivity contribution in [3.8, 4) is 0 Å². The average molecular weight is 511 g/mol. The average Bonchev–Trinajstić information content (AvgIpc) is 2.82. The maximum Gasteiger partial charge on any atom is 0.326 e. The highest BCUT2D eigenvalue weighted by Gasteiger charge is 2.40. The maximum absolute atomic E-state index is 13.7. The lowest BCUT2D eigenvalue weighted by atomic mass is 9.91. The number of carboxylic acid groups (broad SMARTS) is 1. The van der Waals surface area contributed by atoms with E-state index >= 15 is 0 Å². The van der Waals surface area contributed by atoms with E-state index in [1.165, 1.54) is 16.7 Å². The van der Waals surface area contributed by atoms with Gasteiger partial charge in [0.2, 0.25) is 17.7 Å². The van der Waals surface area contributed by atoms with Gasteiger partial charge in [0.25, 0.3) is 0 Å².